The van der Waals surface area contributed by atoms with Crippen LogP contribution in [0, 0.1) is 26.4 Å². The third kappa shape index (κ3) is 4.37. The summed E-state index contributed by atoms with van der Waals surface area (Å²) in [6, 6.07) is 4.52. The van der Waals surface area contributed by atoms with Gasteiger partial charge in [-0.3, -0.25) is 5.32 Å². The Bertz CT molecular complexity index is 1200. The molecule has 0 radical (unpaired) electrons. The number of carboxylic acids is 1. The number of pyridine rings is 1. The summed E-state index contributed by atoms with van der Waals surface area (Å²) in [6.45, 7) is 1.54. The van der Waals surface area contributed by atoms with Crippen molar-refractivity contribution in [2.45, 2.75) is 13.0 Å². The minimum absolute atomic E-state index is 0.0172. The predicted octanol–water partition coefficient (Wildman–Crippen LogP) is 1.53. The molecule has 7 N–H and O–H groups in total. The molecule has 13 heteroatoms. The number of anilines is 3. The minimum Gasteiger partial charge on any atom is -0.490 e. The van der Waals surface area contributed by atoms with Gasteiger partial charge >= 0.3 is 5.97 Å². The van der Waals surface area contributed by atoms with E-state index < -0.39 is 18.6 Å². The Morgan fingerprint density at radius 2 is 2.12 bits per heavy atom. The van der Waals surface area contributed by atoms with E-state index >= 15 is 0 Å². The zero-order valence-electron chi connectivity index (χ0n) is 16.6. The Hall–Kier alpha value is -3.98. The lowest BCUT2D eigenvalue weighted by atomic mass is 9.95. The van der Waals surface area contributed by atoms with Crippen LogP contribution in [0.25, 0.3) is 0 Å². The molecule has 0 fully saturated rings. The van der Waals surface area contributed by atoms with E-state index in [2.05, 4.69) is 20.6 Å². The van der Waals surface area contributed by atoms with E-state index in [4.69, 9.17) is 31.3 Å². The van der Waals surface area contributed by atoms with Gasteiger partial charge < -0.3 is 31.4 Å². The van der Waals surface area contributed by atoms with Crippen LogP contribution >= 0.6 is 22.6 Å². The molecule has 0 saturated carbocycles. The van der Waals surface area contributed by atoms with Crippen LogP contribution in [0.3, 0.4) is 0 Å². The smallest absolute Gasteiger partial charge is 0.341 e. The number of guanidine groups is 1. The molecule has 0 spiro atoms. The molecule has 1 aliphatic heterocycles. The molecule has 164 valence electrons. The maximum Gasteiger partial charge on any atom is 0.341 e. The molecule has 0 bridgehead atoms. The highest BCUT2D eigenvalue weighted by atomic mass is 127. The Labute approximate surface area is 196 Å². The number of carboxylic acid groups (broad SMARTS) is 1. The number of nitrogens with one attached hydrogen (secondary N) is 2. The van der Waals surface area contributed by atoms with Gasteiger partial charge in [0, 0.05) is 5.56 Å². The van der Waals surface area contributed by atoms with Crippen molar-refractivity contribution in [3.8, 4) is 23.8 Å². The first-order chi connectivity index (χ1) is 15.3. The van der Waals surface area contributed by atoms with Crippen molar-refractivity contribution < 1.29 is 19.4 Å². The number of nitrogens with two attached hydrogens (primary N) is 2. The molecule has 0 saturated heterocycles. The van der Waals surface area contributed by atoms with E-state index in [1.807, 2.05) is 28.7 Å². The number of halogens is 1. The first-order valence-corrected chi connectivity index (χ1v) is 10.2. The highest BCUT2D eigenvalue weighted by molar-refractivity contribution is 14.1. The highest BCUT2D eigenvalue weighted by Gasteiger charge is 2.31. The van der Waals surface area contributed by atoms with Crippen LogP contribution in [0.5, 0.6) is 11.5 Å². The number of aliphatic carboxylic acids is 1. The van der Waals surface area contributed by atoms with Crippen LogP contribution in [-0.4, -0.2) is 35.2 Å². The topological polar surface area (TPSA) is 205 Å². The summed E-state index contributed by atoms with van der Waals surface area (Å²) < 4.78 is 11.6. The number of hydrogen-bond donors (Lipinski definition) is 5. The second-order valence-electron chi connectivity index (χ2n) is 6.35. The van der Waals surface area contributed by atoms with E-state index in [1.165, 1.54) is 0 Å². The van der Waals surface area contributed by atoms with Gasteiger partial charge in [-0.1, -0.05) is 0 Å². The molecule has 0 amide bonds. The number of fused-ring (bicyclic) bond motifs is 1. The molecule has 1 aliphatic rings. The molecule has 1 aromatic heterocycles. The van der Waals surface area contributed by atoms with Crippen molar-refractivity contribution in [2.75, 3.05) is 30.0 Å². The molecular weight excluding hydrogens is 531 g/mol. The summed E-state index contributed by atoms with van der Waals surface area (Å²) in [7, 11) is 0. The number of nitrogen functional groups attached to an aromatic ring is 2. The molecule has 2 heterocycles. The molecule has 12 nitrogen and oxygen atoms in total. The summed E-state index contributed by atoms with van der Waals surface area (Å²) in [5.74, 6) is -0.250. The van der Waals surface area contributed by atoms with Gasteiger partial charge in [0.05, 0.1) is 15.9 Å². The number of carbonyl (C=O) groups is 1. The van der Waals surface area contributed by atoms with Crippen LogP contribution < -0.4 is 31.6 Å². The SMILES string of the molecule is CCOc1cc(C2N=C(NC#N)Nc3nc(N)c(C#N)c(N)c32)cc(I)c1OCC(=O)O. The fourth-order valence-electron chi connectivity index (χ4n) is 3.10. The number of ether oxygens (including phenoxy) is 2. The zero-order chi connectivity index (χ0) is 23.4. The molecular formula is C19H17IN8O4. The fraction of sp³-hybridized carbons (Fsp3) is 0.211. The summed E-state index contributed by atoms with van der Waals surface area (Å²) in [4.78, 5) is 19.7. The van der Waals surface area contributed by atoms with Crippen molar-refractivity contribution in [2.24, 2.45) is 4.99 Å². The third-order valence-electron chi connectivity index (χ3n) is 4.34. The Morgan fingerprint density at radius 3 is 2.75 bits per heavy atom. The van der Waals surface area contributed by atoms with Crippen molar-refractivity contribution in [1.29, 1.82) is 10.5 Å². The Morgan fingerprint density at radius 1 is 1.38 bits per heavy atom. The van der Waals surface area contributed by atoms with Crippen LogP contribution in [0.2, 0.25) is 0 Å². The molecule has 1 atom stereocenters. The number of hydrogen-bond acceptors (Lipinski definition) is 11. The maximum absolute atomic E-state index is 10.9. The Balaban J connectivity index is 2.21. The van der Waals surface area contributed by atoms with Crippen LogP contribution in [-0.2, 0) is 4.79 Å². The van der Waals surface area contributed by atoms with E-state index in [1.54, 1.807) is 25.2 Å². The van der Waals surface area contributed by atoms with E-state index in [9.17, 15) is 10.1 Å². The van der Waals surface area contributed by atoms with E-state index in [0.717, 1.165) is 0 Å². The number of aromatic nitrogens is 1. The molecule has 1 aromatic carbocycles. The lowest BCUT2D eigenvalue weighted by molar-refractivity contribution is -0.139. The molecule has 32 heavy (non-hydrogen) atoms. The standard InChI is InChI=1S/C19H17IN8O4/c1-2-31-11-4-8(3-10(20)16(11)32-6-12(29)30)15-13-14(23)9(5-21)17(24)27-18(13)28-19(26-15)25-7-22/h3-4,15H,2,6H2,1H3,(H,29,30)(H6,23,24,25,26,27,28). The number of benzene rings is 1. The minimum atomic E-state index is -1.13. The molecule has 0 aliphatic carbocycles. The lowest BCUT2D eigenvalue weighted by Crippen LogP contribution is -2.32. The van der Waals surface area contributed by atoms with Crippen molar-refractivity contribution in [1.82, 2.24) is 10.3 Å². The van der Waals surface area contributed by atoms with Gasteiger partial charge in [-0.05, 0) is 47.2 Å². The van der Waals surface area contributed by atoms with Crippen LogP contribution in [0.15, 0.2) is 17.1 Å². The van der Waals surface area contributed by atoms with E-state index in [0.29, 0.717) is 27.1 Å². The summed E-state index contributed by atoms with van der Waals surface area (Å²) in [6.07, 6.45) is 1.78. The molecule has 2 aromatic rings. The van der Waals surface area contributed by atoms with Crippen molar-refractivity contribution in [3.63, 3.8) is 0 Å². The van der Waals surface area contributed by atoms with Crippen molar-refractivity contribution in [3.05, 3.63) is 32.4 Å². The van der Waals surface area contributed by atoms with Gasteiger partial charge in [-0.25, -0.2) is 14.8 Å². The summed E-state index contributed by atoms with van der Waals surface area (Å²) in [5, 5.41) is 32.7. The number of aliphatic imine (C=N–C) groups is 1. The van der Waals surface area contributed by atoms with Crippen LogP contribution in [0.4, 0.5) is 17.3 Å². The van der Waals surface area contributed by atoms with Gasteiger partial charge in [-0.2, -0.15) is 10.5 Å². The maximum atomic E-state index is 10.9. The van der Waals surface area contributed by atoms with Crippen molar-refractivity contribution >= 4 is 51.8 Å². The quantitative estimate of drug-likeness (QED) is 0.199. The first kappa shape index (κ1) is 22.7. The van der Waals surface area contributed by atoms with Crippen LogP contribution in [0.1, 0.15) is 29.7 Å². The zero-order valence-corrected chi connectivity index (χ0v) is 18.8. The summed E-state index contributed by atoms with van der Waals surface area (Å²) in [5.41, 5.74) is 13.2. The normalized spacial score (nSPS) is 14.1. The predicted molar refractivity (Wildman–Crippen MR) is 123 cm³/mol. The second kappa shape index (κ2) is 9.44. The third-order valence-corrected chi connectivity index (χ3v) is 5.15. The highest BCUT2D eigenvalue weighted by Crippen LogP contribution is 2.44. The monoisotopic (exact) mass is 548 g/mol. The average Bonchev–Trinajstić information content (AvgIpc) is 2.72. The van der Waals surface area contributed by atoms with Gasteiger partial charge in [-0.15, -0.1) is 0 Å². The number of nitrogens with zero attached hydrogens (tertiary/aromatic N) is 4. The van der Waals surface area contributed by atoms with Gasteiger partial charge in [0.25, 0.3) is 0 Å². The molecule has 1 unspecified atom stereocenters. The largest absolute Gasteiger partial charge is 0.490 e. The average molecular weight is 548 g/mol. The second-order valence-corrected chi connectivity index (χ2v) is 7.51. The number of nitriles is 2. The first-order valence-electron chi connectivity index (χ1n) is 9.10. The summed E-state index contributed by atoms with van der Waals surface area (Å²) >= 11 is 1.99. The Kier molecular flexibility index (Phi) is 6.70. The number of rotatable bonds is 6. The fourth-order valence-corrected chi connectivity index (χ4v) is 3.89. The van der Waals surface area contributed by atoms with E-state index in [-0.39, 0.29) is 34.6 Å². The van der Waals surface area contributed by atoms with Gasteiger partial charge in [0.2, 0.25) is 5.96 Å². The van der Waals surface area contributed by atoms with Gasteiger partial charge in [0.15, 0.2) is 24.3 Å². The lowest BCUT2D eigenvalue weighted by Gasteiger charge is -2.27. The van der Waals surface area contributed by atoms with Gasteiger partial charge in [0.1, 0.15) is 29.3 Å². The molecule has 3 rings (SSSR count).